The summed E-state index contributed by atoms with van der Waals surface area (Å²) < 4.78 is 4.96. The van der Waals surface area contributed by atoms with Crippen molar-refractivity contribution in [2.45, 2.75) is 38.5 Å². The monoisotopic (exact) mass is 179 g/mol. The molecule has 1 aliphatic rings. The van der Waals surface area contributed by atoms with Crippen molar-refractivity contribution in [2.75, 3.05) is 13.7 Å². The van der Waals surface area contributed by atoms with Crippen molar-refractivity contribution < 1.29 is 4.74 Å². The van der Waals surface area contributed by atoms with E-state index in [2.05, 4.69) is 18.3 Å². The molecule has 0 unspecified atom stereocenters. The van der Waals surface area contributed by atoms with E-state index in [1.54, 1.807) is 7.11 Å². The van der Waals surface area contributed by atoms with Crippen molar-refractivity contribution in [3.05, 3.63) is 6.42 Å². The summed E-state index contributed by atoms with van der Waals surface area (Å²) in [6.07, 6.45) is 9.52. The van der Waals surface area contributed by atoms with Gasteiger partial charge in [0.15, 0.2) is 0 Å². The van der Waals surface area contributed by atoms with E-state index in [1.807, 2.05) is 0 Å². The second kappa shape index (κ2) is 6.97. The molecule has 0 aromatic carbocycles. The van der Waals surface area contributed by atoms with Crippen LogP contribution < -0.4 is 0 Å². The van der Waals surface area contributed by atoms with Gasteiger partial charge in [-0.25, -0.2) is 0 Å². The van der Waals surface area contributed by atoms with Gasteiger partial charge in [-0.05, 0) is 38.5 Å². The summed E-state index contributed by atoms with van der Waals surface area (Å²) in [6, 6.07) is 0. The molecule has 0 heterocycles. The minimum atomic E-state index is 0.674. The van der Waals surface area contributed by atoms with Gasteiger partial charge in [0.05, 0.1) is 0 Å². The lowest BCUT2D eigenvalue weighted by atomic mass is 9.90. The lowest BCUT2D eigenvalue weighted by Gasteiger charge is -2.15. The van der Waals surface area contributed by atoms with Crippen molar-refractivity contribution in [3.8, 4) is 11.8 Å². The summed E-state index contributed by atoms with van der Waals surface area (Å²) in [4.78, 5) is 0. The van der Waals surface area contributed by atoms with Crippen molar-refractivity contribution in [2.24, 2.45) is 5.92 Å². The average molecular weight is 179 g/mol. The Morgan fingerprint density at radius 3 is 2.85 bits per heavy atom. The third kappa shape index (κ3) is 4.95. The minimum absolute atomic E-state index is 0.674. The lowest BCUT2D eigenvalue weighted by Crippen LogP contribution is -2.03. The van der Waals surface area contributed by atoms with E-state index in [0.29, 0.717) is 5.92 Å². The highest BCUT2D eigenvalue weighted by Crippen LogP contribution is 2.21. The molecule has 0 atom stereocenters. The van der Waals surface area contributed by atoms with Gasteiger partial charge in [0.2, 0.25) is 0 Å². The molecule has 1 aliphatic carbocycles. The molecule has 0 bridgehead atoms. The van der Waals surface area contributed by atoms with Gasteiger partial charge in [0.25, 0.3) is 0 Å². The van der Waals surface area contributed by atoms with Gasteiger partial charge in [-0.2, -0.15) is 0 Å². The number of hydrogen-bond acceptors (Lipinski definition) is 1. The standard InChI is InChI=1S/C12H19O/c1-13-11-7-3-6-10-12-8-4-2-5-9-12/h2,12H,3-5,7-9,11H2,1H3. The zero-order chi connectivity index (χ0) is 9.36. The molecule has 73 valence electrons. The highest BCUT2D eigenvalue weighted by atomic mass is 16.5. The Bertz CT molecular complexity index is 169. The molecule has 0 N–H and O–H groups in total. The van der Waals surface area contributed by atoms with E-state index >= 15 is 0 Å². The first-order valence-electron chi connectivity index (χ1n) is 5.22. The maximum atomic E-state index is 4.96. The average Bonchev–Trinajstić information content (AvgIpc) is 2.19. The zero-order valence-corrected chi connectivity index (χ0v) is 8.51. The van der Waals surface area contributed by atoms with Crippen LogP contribution in [-0.4, -0.2) is 13.7 Å². The molecule has 1 radical (unpaired) electrons. The van der Waals surface area contributed by atoms with Crippen LogP contribution in [0.4, 0.5) is 0 Å². The molecule has 1 heteroatoms. The number of ether oxygens (including phenoxy) is 1. The smallest absolute Gasteiger partial charge is 0.0471 e. The SMILES string of the molecule is COCCCC#CC1CC[CH]CC1. The van der Waals surface area contributed by atoms with Gasteiger partial charge < -0.3 is 4.74 Å². The van der Waals surface area contributed by atoms with E-state index in [0.717, 1.165) is 19.4 Å². The van der Waals surface area contributed by atoms with Crippen molar-refractivity contribution >= 4 is 0 Å². The predicted molar refractivity (Wildman–Crippen MR) is 55.1 cm³/mol. The maximum Gasteiger partial charge on any atom is 0.0471 e. The number of rotatable bonds is 3. The Balaban J connectivity index is 2.06. The van der Waals surface area contributed by atoms with Gasteiger partial charge in [-0.3, -0.25) is 0 Å². The van der Waals surface area contributed by atoms with Crippen molar-refractivity contribution in [1.29, 1.82) is 0 Å². The molecule has 0 spiro atoms. The summed E-state index contributed by atoms with van der Waals surface area (Å²) in [5.41, 5.74) is 0. The van der Waals surface area contributed by atoms with E-state index in [9.17, 15) is 0 Å². The van der Waals surface area contributed by atoms with Gasteiger partial charge >= 0.3 is 0 Å². The van der Waals surface area contributed by atoms with E-state index in [-0.39, 0.29) is 0 Å². The number of unbranched alkanes of at least 4 members (excludes halogenated alkanes) is 1. The molecular formula is C12H19O. The van der Waals surface area contributed by atoms with Crippen LogP contribution in [0.2, 0.25) is 0 Å². The van der Waals surface area contributed by atoms with Crippen LogP contribution >= 0.6 is 0 Å². The molecule has 0 aliphatic heterocycles. The Kier molecular flexibility index (Phi) is 5.69. The van der Waals surface area contributed by atoms with Crippen LogP contribution in [0, 0.1) is 24.2 Å². The molecule has 0 amide bonds. The fourth-order valence-electron chi connectivity index (χ4n) is 1.59. The molecule has 1 fully saturated rings. The fraction of sp³-hybridized carbons (Fsp3) is 0.750. The van der Waals surface area contributed by atoms with Gasteiger partial charge in [-0.15, -0.1) is 5.92 Å². The molecule has 1 nitrogen and oxygen atoms in total. The normalized spacial score (nSPS) is 17.9. The van der Waals surface area contributed by atoms with Crippen LogP contribution in [0.25, 0.3) is 0 Å². The fourth-order valence-corrected chi connectivity index (χ4v) is 1.59. The molecule has 1 saturated carbocycles. The van der Waals surface area contributed by atoms with Crippen molar-refractivity contribution in [1.82, 2.24) is 0 Å². The molecule has 1 rings (SSSR count). The molecular weight excluding hydrogens is 160 g/mol. The van der Waals surface area contributed by atoms with Crippen LogP contribution in [0.3, 0.4) is 0 Å². The van der Waals surface area contributed by atoms with Crippen LogP contribution in [0.15, 0.2) is 0 Å². The molecule has 0 aromatic rings. The van der Waals surface area contributed by atoms with Crippen LogP contribution in [0.1, 0.15) is 38.5 Å². The first kappa shape index (κ1) is 10.6. The quantitative estimate of drug-likeness (QED) is 0.478. The van der Waals surface area contributed by atoms with Gasteiger partial charge in [0, 0.05) is 26.1 Å². The van der Waals surface area contributed by atoms with E-state index in [4.69, 9.17) is 4.74 Å². The summed E-state index contributed by atoms with van der Waals surface area (Å²) >= 11 is 0. The third-order valence-corrected chi connectivity index (χ3v) is 2.39. The topological polar surface area (TPSA) is 9.23 Å². The Morgan fingerprint density at radius 1 is 1.38 bits per heavy atom. The highest BCUT2D eigenvalue weighted by molar-refractivity contribution is 5.05. The maximum absolute atomic E-state index is 4.96. The second-order valence-corrected chi connectivity index (χ2v) is 3.56. The lowest BCUT2D eigenvalue weighted by molar-refractivity contribution is 0.196. The minimum Gasteiger partial charge on any atom is -0.385 e. The molecule has 0 aromatic heterocycles. The van der Waals surface area contributed by atoms with Gasteiger partial charge in [0.1, 0.15) is 0 Å². The summed E-state index contributed by atoms with van der Waals surface area (Å²) in [5.74, 6) is 7.27. The number of methoxy groups -OCH3 is 1. The second-order valence-electron chi connectivity index (χ2n) is 3.56. The first-order valence-corrected chi connectivity index (χ1v) is 5.22. The predicted octanol–water partition coefficient (Wildman–Crippen LogP) is 2.81. The largest absolute Gasteiger partial charge is 0.385 e. The Morgan fingerprint density at radius 2 is 2.15 bits per heavy atom. The highest BCUT2D eigenvalue weighted by Gasteiger charge is 2.09. The zero-order valence-electron chi connectivity index (χ0n) is 8.51. The summed E-state index contributed by atoms with van der Waals surface area (Å²) in [7, 11) is 1.74. The Hall–Kier alpha value is -0.480. The van der Waals surface area contributed by atoms with E-state index < -0.39 is 0 Å². The van der Waals surface area contributed by atoms with Crippen LogP contribution in [0.5, 0.6) is 0 Å². The van der Waals surface area contributed by atoms with Gasteiger partial charge in [-0.1, -0.05) is 5.92 Å². The first-order chi connectivity index (χ1) is 6.43. The summed E-state index contributed by atoms with van der Waals surface area (Å²) in [6.45, 7) is 0.840. The van der Waals surface area contributed by atoms with E-state index in [1.165, 1.54) is 25.7 Å². The number of hydrogen-bond donors (Lipinski definition) is 0. The third-order valence-electron chi connectivity index (χ3n) is 2.39. The molecule has 13 heavy (non-hydrogen) atoms. The van der Waals surface area contributed by atoms with Crippen LogP contribution in [-0.2, 0) is 4.74 Å². The molecule has 0 saturated heterocycles. The van der Waals surface area contributed by atoms with Crippen molar-refractivity contribution in [3.63, 3.8) is 0 Å². The summed E-state index contributed by atoms with van der Waals surface area (Å²) in [5, 5.41) is 0. The Labute approximate surface area is 81.9 Å².